The Labute approximate surface area is 195 Å². The smallest absolute Gasteiger partial charge is 0.238 e. The molecule has 0 aliphatic carbocycles. The highest BCUT2D eigenvalue weighted by Crippen LogP contribution is 2.30. The average Bonchev–Trinajstić information content (AvgIpc) is 2.77. The molecule has 0 aliphatic heterocycles. The van der Waals surface area contributed by atoms with E-state index >= 15 is 0 Å². The molecule has 2 aromatic carbocycles. The number of aromatic nitrogens is 1. The number of sulfonamides is 1. The average molecular weight is 487 g/mol. The topological polar surface area (TPSA) is 126 Å². The van der Waals surface area contributed by atoms with Crippen LogP contribution in [0.2, 0.25) is 5.02 Å². The number of nitriles is 1. The minimum absolute atomic E-state index is 0.0428. The van der Waals surface area contributed by atoms with E-state index in [2.05, 4.69) is 16.4 Å². The van der Waals surface area contributed by atoms with E-state index in [0.717, 1.165) is 5.56 Å². The summed E-state index contributed by atoms with van der Waals surface area (Å²) in [6, 6.07) is 18.3. The summed E-state index contributed by atoms with van der Waals surface area (Å²) in [6.45, 7) is 1.86. The predicted octanol–water partition coefficient (Wildman–Crippen LogP) is 4.43. The van der Waals surface area contributed by atoms with E-state index in [1.165, 1.54) is 36.0 Å². The molecule has 1 heterocycles. The molecule has 1 aromatic heterocycles. The number of pyridine rings is 1. The maximum Gasteiger partial charge on any atom is 0.238 e. The maximum atomic E-state index is 12.8. The van der Waals surface area contributed by atoms with Crippen LogP contribution in [0.4, 0.5) is 5.69 Å². The summed E-state index contributed by atoms with van der Waals surface area (Å²) in [4.78, 5) is 17.4. The van der Waals surface area contributed by atoms with Gasteiger partial charge in [-0.3, -0.25) is 4.79 Å². The highest BCUT2D eigenvalue weighted by atomic mass is 35.5. The number of amides is 1. The number of nitrogens with one attached hydrogen (secondary N) is 1. The Morgan fingerprint density at radius 3 is 2.38 bits per heavy atom. The van der Waals surface area contributed by atoms with Gasteiger partial charge in [0.25, 0.3) is 0 Å². The van der Waals surface area contributed by atoms with Crippen molar-refractivity contribution in [2.75, 3.05) is 5.32 Å². The standard InChI is InChI=1S/C22H19ClN4O3S2/c1-2-20(21(28)26-17-8-10-18(11-9-17)32(25,29)30)31-22-15(13-24)5-12-19(27-22)14-3-6-16(23)7-4-14/h3-12,20H,2H2,1H3,(H,26,28)(H2,25,29,30). The summed E-state index contributed by atoms with van der Waals surface area (Å²) in [5, 5.41) is 17.9. The van der Waals surface area contributed by atoms with E-state index in [4.69, 9.17) is 16.7 Å². The molecule has 0 saturated heterocycles. The summed E-state index contributed by atoms with van der Waals surface area (Å²) < 4.78 is 22.8. The molecule has 164 valence electrons. The molecule has 0 bridgehead atoms. The Balaban J connectivity index is 1.80. The third-order valence-electron chi connectivity index (χ3n) is 4.49. The van der Waals surface area contributed by atoms with Crippen LogP contribution in [-0.4, -0.2) is 24.6 Å². The van der Waals surface area contributed by atoms with Gasteiger partial charge in [0.05, 0.1) is 21.4 Å². The lowest BCUT2D eigenvalue weighted by Gasteiger charge is -2.16. The monoisotopic (exact) mass is 486 g/mol. The molecule has 1 unspecified atom stereocenters. The minimum Gasteiger partial charge on any atom is -0.325 e. The van der Waals surface area contributed by atoms with Crippen LogP contribution in [0.5, 0.6) is 0 Å². The van der Waals surface area contributed by atoms with Gasteiger partial charge in [-0.05, 0) is 55.0 Å². The molecular weight excluding hydrogens is 468 g/mol. The molecule has 1 atom stereocenters. The summed E-state index contributed by atoms with van der Waals surface area (Å²) in [5.41, 5.74) is 2.31. The van der Waals surface area contributed by atoms with E-state index in [9.17, 15) is 18.5 Å². The van der Waals surface area contributed by atoms with Gasteiger partial charge < -0.3 is 5.32 Å². The van der Waals surface area contributed by atoms with Gasteiger partial charge in [0, 0.05) is 16.3 Å². The van der Waals surface area contributed by atoms with Gasteiger partial charge in [0.15, 0.2) is 0 Å². The van der Waals surface area contributed by atoms with E-state index in [1.54, 1.807) is 24.3 Å². The molecule has 3 rings (SSSR count). The Hall–Kier alpha value is -2.90. The lowest BCUT2D eigenvalue weighted by molar-refractivity contribution is -0.115. The zero-order valence-electron chi connectivity index (χ0n) is 16.9. The van der Waals surface area contributed by atoms with Gasteiger partial charge in [-0.2, -0.15) is 5.26 Å². The third kappa shape index (κ3) is 5.87. The molecule has 1 amide bonds. The Kier molecular flexibility index (Phi) is 7.53. The van der Waals surface area contributed by atoms with Gasteiger partial charge in [-0.25, -0.2) is 18.5 Å². The quantitative estimate of drug-likeness (QED) is 0.475. The molecule has 0 aliphatic rings. The number of benzene rings is 2. The number of hydrogen-bond donors (Lipinski definition) is 2. The molecular formula is C22H19ClN4O3S2. The molecule has 0 spiro atoms. The molecule has 10 heteroatoms. The lowest BCUT2D eigenvalue weighted by atomic mass is 10.1. The van der Waals surface area contributed by atoms with E-state index in [-0.39, 0.29) is 10.8 Å². The maximum absolute atomic E-state index is 12.8. The Morgan fingerprint density at radius 2 is 1.81 bits per heavy atom. The van der Waals surface area contributed by atoms with Crippen molar-refractivity contribution in [2.45, 2.75) is 28.5 Å². The molecule has 32 heavy (non-hydrogen) atoms. The van der Waals surface area contributed by atoms with Crippen LogP contribution in [0.1, 0.15) is 18.9 Å². The number of carbonyl (C=O) groups is 1. The zero-order chi connectivity index (χ0) is 23.3. The second-order valence-corrected chi connectivity index (χ2v) is 9.93. The fourth-order valence-electron chi connectivity index (χ4n) is 2.80. The highest BCUT2D eigenvalue weighted by Gasteiger charge is 2.21. The van der Waals surface area contributed by atoms with Crippen LogP contribution in [0, 0.1) is 11.3 Å². The summed E-state index contributed by atoms with van der Waals surface area (Å²) in [6.07, 6.45) is 0.490. The number of thioether (sulfide) groups is 1. The summed E-state index contributed by atoms with van der Waals surface area (Å²) >= 11 is 7.15. The number of halogens is 1. The normalized spacial score (nSPS) is 12.1. The number of primary sulfonamides is 1. The van der Waals surface area contributed by atoms with E-state index in [0.29, 0.717) is 33.4 Å². The number of hydrogen-bond acceptors (Lipinski definition) is 6. The van der Waals surface area contributed by atoms with Gasteiger partial charge in [0.2, 0.25) is 15.9 Å². The second-order valence-electron chi connectivity index (χ2n) is 6.74. The summed E-state index contributed by atoms with van der Waals surface area (Å²) in [7, 11) is -3.81. The van der Waals surface area contributed by atoms with Crippen LogP contribution in [0.25, 0.3) is 11.3 Å². The van der Waals surface area contributed by atoms with Crippen molar-refractivity contribution in [3.8, 4) is 17.3 Å². The van der Waals surface area contributed by atoms with E-state index in [1.807, 2.05) is 19.1 Å². The van der Waals surface area contributed by atoms with Crippen molar-refractivity contribution in [1.29, 1.82) is 5.26 Å². The van der Waals surface area contributed by atoms with Crippen LogP contribution in [0.15, 0.2) is 70.6 Å². The van der Waals surface area contributed by atoms with Gasteiger partial charge in [-0.15, -0.1) is 0 Å². The third-order valence-corrected chi connectivity index (χ3v) is 7.04. The molecule has 7 nitrogen and oxygen atoms in total. The van der Waals surface area contributed by atoms with E-state index < -0.39 is 15.3 Å². The fourth-order valence-corrected chi connectivity index (χ4v) is 4.44. The van der Waals surface area contributed by atoms with Gasteiger partial charge >= 0.3 is 0 Å². The number of nitrogens with zero attached hydrogens (tertiary/aromatic N) is 2. The predicted molar refractivity (Wildman–Crippen MR) is 126 cm³/mol. The number of anilines is 1. The van der Waals surface area contributed by atoms with Crippen molar-refractivity contribution in [3.05, 3.63) is 71.2 Å². The fraction of sp³-hybridized carbons (Fsp3) is 0.136. The molecule has 3 N–H and O–H groups in total. The van der Waals surface area contributed by atoms with Gasteiger partial charge in [0.1, 0.15) is 11.1 Å². The minimum atomic E-state index is -3.81. The summed E-state index contributed by atoms with van der Waals surface area (Å²) in [5.74, 6) is -0.288. The van der Waals surface area contributed by atoms with Crippen LogP contribution in [0.3, 0.4) is 0 Å². The van der Waals surface area contributed by atoms with Crippen molar-refractivity contribution in [2.24, 2.45) is 5.14 Å². The Bertz CT molecular complexity index is 1270. The Morgan fingerprint density at radius 1 is 1.16 bits per heavy atom. The number of carbonyl (C=O) groups excluding carboxylic acids is 1. The first-order valence-electron chi connectivity index (χ1n) is 9.48. The highest BCUT2D eigenvalue weighted by molar-refractivity contribution is 8.00. The first-order chi connectivity index (χ1) is 15.2. The molecule has 0 radical (unpaired) electrons. The van der Waals surface area contributed by atoms with Crippen LogP contribution in [-0.2, 0) is 14.8 Å². The van der Waals surface area contributed by atoms with Crippen molar-refractivity contribution in [1.82, 2.24) is 4.98 Å². The number of rotatable bonds is 7. The van der Waals surface area contributed by atoms with Crippen molar-refractivity contribution < 1.29 is 13.2 Å². The molecule has 3 aromatic rings. The van der Waals surface area contributed by atoms with Crippen molar-refractivity contribution >= 4 is 45.0 Å². The first-order valence-corrected chi connectivity index (χ1v) is 12.3. The first kappa shape index (κ1) is 23.8. The van der Waals surface area contributed by atoms with Crippen LogP contribution >= 0.6 is 23.4 Å². The molecule has 0 fully saturated rings. The lowest BCUT2D eigenvalue weighted by Crippen LogP contribution is -2.25. The molecule has 0 saturated carbocycles. The second kappa shape index (κ2) is 10.1. The zero-order valence-corrected chi connectivity index (χ0v) is 19.3. The van der Waals surface area contributed by atoms with Crippen molar-refractivity contribution in [3.63, 3.8) is 0 Å². The largest absolute Gasteiger partial charge is 0.325 e. The van der Waals surface area contributed by atoms with Crippen LogP contribution < -0.4 is 10.5 Å². The number of nitrogens with two attached hydrogens (primary N) is 1. The SMILES string of the molecule is CCC(Sc1nc(-c2ccc(Cl)cc2)ccc1C#N)C(=O)Nc1ccc(S(N)(=O)=O)cc1. The van der Waals surface area contributed by atoms with Gasteiger partial charge in [-0.1, -0.05) is 42.4 Å².